The van der Waals surface area contributed by atoms with E-state index in [0.29, 0.717) is 29.4 Å². The van der Waals surface area contributed by atoms with Gasteiger partial charge in [0, 0.05) is 60.9 Å². The van der Waals surface area contributed by atoms with Crippen LogP contribution in [0.1, 0.15) is 69.2 Å². The Morgan fingerprint density at radius 1 is 1.18 bits per heavy atom. The maximum absolute atomic E-state index is 14.1. The van der Waals surface area contributed by atoms with Gasteiger partial charge >= 0.3 is 6.03 Å². The number of sulfonamides is 1. The van der Waals surface area contributed by atoms with Gasteiger partial charge in [0.05, 0.1) is 5.69 Å². The third-order valence-electron chi connectivity index (χ3n) is 5.68. The van der Waals surface area contributed by atoms with Crippen molar-refractivity contribution in [1.29, 1.82) is 0 Å². The molecule has 0 unspecified atom stereocenters. The molecular weight excluding hydrogens is 456 g/mol. The molecule has 3 rings (SSSR count). The molecule has 1 aromatic heterocycles. The Balaban J connectivity index is 0.00000385. The monoisotopic (exact) mass is 488 g/mol. The zero-order chi connectivity index (χ0) is 23.8. The first-order valence-electron chi connectivity index (χ1n) is 10.8. The summed E-state index contributed by atoms with van der Waals surface area (Å²) in [4.78, 5) is 14.8. The number of aromatic nitrogens is 2. The summed E-state index contributed by atoms with van der Waals surface area (Å²) in [6.07, 6.45) is 2.28. The Bertz CT molecular complexity index is 1080. The number of nitrogens with zero attached hydrogens (tertiary/aromatic N) is 3. The van der Waals surface area contributed by atoms with E-state index in [-0.39, 0.29) is 46.4 Å². The first kappa shape index (κ1) is 27.8. The second-order valence-corrected chi connectivity index (χ2v) is 10.7. The average Bonchev–Trinajstić information content (AvgIpc) is 3.46. The minimum atomic E-state index is -4.18. The number of rotatable bonds is 8. The number of hydrogen-bond donors (Lipinski definition) is 2. The minimum absolute atomic E-state index is 0. The van der Waals surface area contributed by atoms with Crippen LogP contribution in [0.4, 0.5) is 14.9 Å². The van der Waals surface area contributed by atoms with Crippen LogP contribution in [0.5, 0.6) is 0 Å². The fourth-order valence-electron chi connectivity index (χ4n) is 3.67. The molecule has 11 heteroatoms. The second kappa shape index (κ2) is 10.9. The molecule has 33 heavy (non-hydrogen) atoms. The Labute approximate surface area is 217 Å². The molecule has 2 amide bonds. The fraction of sp³-hybridized carbons (Fsp3) is 0.545. The van der Waals surface area contributed by atoms with Crippen molar-refractivity contribution in [3.63, 3.8) is 0 Å². The van der Waals surface area contributed by atoms with Crippen LogP contribution < -0.4 is 10.0 Å². The molecule has 1 aromatic carbocycles. The van der Waals surface area contributed by atoms with Crippen molar-refractivity contribution in [3.8, 4) is 0 Å². The Kier molecular flexibility index (Phi) is 9.14. The SMILES string of the molecule is CC(C)c1cc(F)cc(C(C)C)c1NC(=O)NS(=O)(=O)c1cc(CN(C)C2CC2)n(C)n1.[Na]. The summed E-state index contributed by atoms with van der Waals surface area (Å²) in [5.74, 6) is -0.540. The number of urea groups is 1. The molecule has 0 aliphatic heterocycles. The van der Waals surface area contributed by atoms with E-state index in [4.69, 9.17) is 0 Å². The molecule has 1 aliphatic rings. The predicted molar refractivity (Wildman–Crippen MR) is 127 cm³/mol. The van der Waals surface area contributed by atoms with E-state index < -0.39 is 21.9 Å². The molecule has 2 aromatic rings. The van der Waals surface area contributed by atoms with Gasteiger partial charge in [0.1, 0.15) is 5.82 Å². The minimum Gasteiger partial charge on any atom is -0.307 e. The van der Waals surface area contributed by atoms with Gasteiger partial charge in [0.15, 0.2) is 5.03 Å². The first-order valence-corrected chi connectivity index (χ1v) is 12.3. The zero-order valence-corrected chi connectivity index (χ0v) is 23.3. The molecule has 8 nitrogen and oxygen atoms in total. The Morgan fingerprint density at radius 3 is 2.21 bits per heavy atom. The molecule has 1 fully saturated rings. The van der Waals surface area contributed by atoms with Crippen molar-refractivity contribution in [3.05, 3.63) is 40.8 Å². The van der Waals surface area contributed by atoms with Gasteiger partial charge in [-0.3, -0.25) is 9.58 Å². The van der Waals surface area contributed by atoms with Crippen LogP contribution in [0.25, 0.3) is 0 Å². The first-order chi connectivity index (χ1) is 14.9. The summed E-state index contributed by atoms with van der Waals surface area (Å²) in [5, 5.41) is 6.50. The largest absolute Gasteiger partial charge is 0.333 e. The van der Waals surface area contributed by atoms with Gasteiger partial charge in [-0.25, -0.2) is 13.9 Å². The second-order valence-electron chi connectivity index (χ2n) is 9.07. The van der Waals surface area contributed by atoms with Crippen LogP contribution in [0.3, 0.4) is 0 Å². The van der Waals surface area contributed by atoms with Crippen molar-refractivity contribution in [2.45, 2.75) is 70.0 Å². The van der Waals surface area contributed by atoms with Gasteiger partial charge in [-0.2, -0.15) is 13.5 Å². The zero-order valence-electron chi connectivity index (χ0n) is 20.4. The molecule has 0 atom stereocenters. The molecule has 1 saturated carbocycles. The normalized spacial score (nSPS) is 14.0. The number of carbonyl (C=O) groups excluding carboxylic acids is 1. The number of amides is 2. The van der Waals surface area contributed by atoms with Crippen molar-refractivity contribution in [2.24, 2.45) is 7.05 Å². The Hall–Kier alpha value is -1.46. The molecule has 0 spiro atoms. The Morgan fingerprint density at radius 2 is 1.73 bits per heavy atom. The molecule has 1 heterocycles. The van der Waals surface area contributed by atoms with Crippen LogP contribution in [-0.2, 0) is 23.6 Å². The number of hydrogen-bond acceptors (Lipinski definition) is 5. The fourth-order valence-corrected chi connectivity index (χ4v) is 4.60. The smallest absolute Gasteiger partial charge is 0.307 e. The van der Waals surface area contributed by atoms with Crippen molar-refractivity contribution < 1.29 is 17.6 Å². The predicted octanol–water partition coefficient (Wildman–Crippen LogP) is 3.53. The molecular formula is C22H32FN5NaO3S. The van der Waals surface area contributed by atoms with Crippen LogP contribution in [0.15, 0.2) is 23.2 Å². The third kappa shape index (κ3) is 6.79. The van der Waals surface area contributed by atoms with Crippen LogP contribution in [-0.4, -0.2) is 71.8 Å². The van der Waals surface area contributed by atoms with E-state index in [2.05, 4.69) is 15.3 Å². The number of aryl methyl sites for hydroxylation is 1. The summed E-state index contributed by atoms with van der Waals surface area (Å²) in [6, 6.07) is 3.81. The molecule has 2 N–H and O–H groups in total. The number of anilines is 1. The van der Waals surface area contributed by atoms with E-state index >= 15 is 0 Å². The van der Waals surface area contributed by atoms with Crippen LogP contribution >= 0.6 is 0 Å². The molecule has 1 aliphatic carbocycles. The standard InChI is InChI=1S/C22H32FN5O3S.Na/c1-13(2)18-9-15(23)10-19(14(3)4)21(18)24-22(29)26-32(30,31)20-11-17(28(6)25-20)12-27(5)16-7-8-16;/h9-11,13-14,16H,7-8,12H2,1-6H3,(H2,24,26,29);. The summed E-state index contributed by atoms with van der Waals surface area (Å²) in [6.45, 7) is 8.10. The summed E-state index contributed by atoms with van der Waals surface area (Å²) < 4.78 is 43.3. The topological polar surface area (TPSA) is 96.3 Å². The van der Waals surface area contributed by atoms with Crippen molar-refractivity contribution in [1.82, 2.24) is 19.4 Å². The van der Waals surface area contributed by atoms with E-state index in [1.54, 1.807) is 7.05 Å². The van der Waals surface area contributed by atoms with E-state index in [1.807, 2.05) is 39.5 Å². The summed E-state index contributed by atoms with van der Waals surface area (Å²) in [7, 11) is -0.513. The van der Waals surface area contributed by atoms with Gasteiger partial charge in [0.25, 0.3) is 10.0 Å². The van der Waals surface area contributed by atoms with Crippen LogP contribution in [0, 0.1) is 5.82 Å². The molecule has 0 bridgehead atoms. The number of carbonyl (C=O) groups is 1. The molecule has 1 radical (unpaired) electrons. The van der Waals surface area contributed by atoms with Crippen LogP contribution in [0.2, 0.25) is 0 Å². The van der Waals surface area contributed by atoms with Gasteiger partial charge in [-0.15, -0.1) is 0 Å². The summed E-state index contributed by atoms with van der Waals surface area (Å²) >= 11 is 0. The maximum Gasteiger partial charge on any atom is 0.333 e. The van der Waals surface area contributed by atoms with E-state index in [0.717, 1.165) is 18.5 Å². The summed E-state index contributed by atoms with van der Waals surface area (Å²) in [5.41, 5.74) is 2.37. The van der Waals surface area contributed by atoms with Gasteiger partial charge in [-0.1, -0.05) is 27.7 Å². The molecule has 177 valence electrons. The van der Waals surface area contributed by atoms with E-state index in [1.165, 1.54) is 22.9 Å². The number of halogens is 1. The quantitative estimate of drug-likeness (QED) is 0.554. The van der Waals surface area contributed by atoms with Crippen molar-refractivity contribution in [2.75, 3.05) is 12.4 Å². The van der Waals surface area contributed by atoms with Crippen molar-refractivity contribution >= 4 is 51.3 Å². The maximum atomic E-state index is 14.1. The number of nitrogens with one attached hydrogen (secondary N) is 2. The average molecular weight is 489 g/mol. The molecule has 0 saturated heterocycles. The third-order valence-corrected chi connectivity index (χ3v) is 6.89. The van der Waals surface area contributed by atoms with Gasteiger partial charge in [-0.05, 0) is 55.0 Å². The van der Waals surface area contributed by atoms with Gasteiger partial charge < -0.3 is 5.32 Å². The van der Waals surface area contributed by atoms with E-state index in [9.17, 15) is 17.6 Å². The van der Waals surface area contributed by atoms with Gasteiger partial charge in [0.2, 0.25) is 0 Å². The number of benzene rings is 1.